The third-order valence-corrected chi connectivity index (χ3v) is 6.45. The van der Waals surface area contributed by atoms with E-state index in [1.165, 1.54) is 11.8 Å². The van der Waals surface area contributed by atoms with E-state index in [1.54, 1.807) is 42.5 Å². The summed E-state index contributed by atoms with van der Waals surface area (Å²) in [6, 6.07) is 18.0. The number of ether oxygens (including phenoxy) is 1. The van der Waals surface area contributed by atoms with E-state index in [9.17, 15) is 19.5 Å². The van der Waals surface area contributed by atoms with E-state index in [4.69, 9.17) is 16.3 Å². The molecule has 37 heavy (non-hydrogen) atoms. The number of rotatable bonds is 7. The monoisotopic (exact) mass is 518 g/mol. The van der Waals surface area contributed by atoms with Gasteiger partial charge < -0.3 is 15.2 Å². The second-order valence-electron chi connectivity index (χ2n) is 8.57. The minimum absolute atomic E-state index is 0.0734. The Kier molecular flexibility index (Phi) is 7.64. The van der Waals surface area contributed by atoms with Gasteiger partial charge in [-0.2, -0.15) is 0 Å². The van der Waals surface area contributed by atoms with E-state index in [1.807, 2.05) is 38.1 Å². The number of hydrogen-bond donors (Lipinski definition) is 2. The molecule has 0 saturated carbocycles. The minimum atomic E-state index is -0.899. The second kappa shape index (κ2) is 10.9. The van der Waals surface area contributed by atoms with Crippen molar-refractivity contribution in [1.82, 2.24) is 0 Å². The van der Waals surface area contributed by atoms with Gasteiger partial charge in [-0.05, 0) is 66.9 Å². The molecular weight excluding hydrogens is 492 g/mol. The summed E-state index contributed by atoms with van der Waals surface area (Å²) in [4.78, 5) is 39.5. The van der Waals surface area contributed by atoms with Crippen LogP contribution in [0.1, 0.15) is 43.5 Å². The molecule has 8 heteroatoms. The molecule has 2 amide bonds. The molecule has 7 nitrogen and oxygen atoms in total. The predicted molar refractivity (Wildman–Crippen MR) is 144 cm³/mol. The van der Waals surface area contributed by atoms with Gasteiger partial charge in [0, 0.05) is 23.9 Å². The average Bonchev–Trinajstić information content (AvgIpc) is 3.15. The molecule has 1 atom stereocenters. The van der Waals surface area contributed by atoms with Gasteiger partial charge in [0.15, 0.2) is 0 Å². The van der Waals surface area contributed by atoms with Gasteiger partial charge in [0.2, 0.25) is 5.91 Å². The Labute approximate surface area is 220 Å². The van der Waals surface area contributed by atoms with Crippen LogP contribution in [0, 0.1) is 0 Å². The number of anilines is 2. The zero-order valence-electron chi connectivity index (χ0n) is 20.7. The Morgan fingerprint density at radius 2 is 1.70 bits per heavy atom. The molecule has 1 saturated heterocycles. The van der Waals surface area contributed by atoms with Gasteiger partial charge in [0.05, 0.1) is 23.2 Å². The van der Waals surface area contributed by atoms with E-state index in [-0.39, 0.29) is 27.8 Å². The maximum atomic E-state index is 13.4. The Hall–Kier alpha value is -4.10. The number of aryl methyl sites for hydroxylation is 1. The van der Waals surface area contributed by atoms with Crippen LogP contribution in [0.2, 0.25) is 5.02 Å². The van der Waals surface area contributed by atoms with Gasteiger partial charge in [0.25, 0.3) is 11.7 Å². The molecule has 190 valence electrons. The van der Waals surface area contributed by atoms with Crippen LogP contribution in [0.5, 0.6) is 5.75 Å². The van der Waals surface area contributed by atoms with Gasteiger partial charge in [-0.1, -0.05) is 42.8 Å². The number of Topliss-reactive ketones (excluding diaryl/α,β-unsaturated/α-hetero) is 1. The molecule has 0 aliphatic carbocycles. The maximum Gasteiger partial charge on any atom is 0.300 e. The van der Waals surface area contributed by atoms with Crippen LogP contribution < -0.4 is 15.0 Å². The van der Waals surface area contributed by atoms with E-state index < -0.39 is 17.7 Å². The fourth-order valence-electron chi connectivity index (χ4n) is 4.35. The zero-order chi connectivity index (χ0) is 26.7. The average molecular weight is 519 g/mol. The molecule has 3 aromatic rings. The van der Waals surface area contributed by atoms with Crippen LogP contribution in [0.25, 0.3) is 5.76 Å². The SMILES string of the molecule is CCOc1ccc(Cl)c(/C(O)=C2\C(=O)C(=O)N(c3ccc(NC(C)=O)cc3)C2c2ccc(CC)cc2)c1. The highest BCUT2D eigenvalue weighted by molar-refractivity contribution is 6.52. The van der Waals surface area contributed by atoms with Crippen molar-refractivity contribution in [1.29, 1.82) is 0 Å². The van der Waals surface area contributed by atoms with Crippen molar-refractivity contribution in [2.45, 2.75) is 33.2 Å². The predicted octanol–water partition coefficient (Wildman–Crippen LogP) is 5.89. The number of carbonyl (C=O) groups excluding carboxylic acids is 3. The van der Waals surface area contributed by atoms with Crippen molar-refractivity contribution in [3.05, 3.63) is 94.0 Å². The van der Waals surface area contributed by atoms with Crippen LogP contribution in [0.4, 0.5) is 11.4 Å². The molecule has 1 heterocycles. The number of halogens is 1. The van der Waals surface area contributed by atoms with Crippen molar-refractivity contribution >= 4 is 46.3 Å². The lowest BCUT2D eigenvalue weighted by atomic mass is 9.94. The lowest BCUT2D eigenvalue weighted by molar-refractivity contribution is -0.132. The van der Waals surface area contributed by atoms with Crippen LogP contribution in [-0.4, -0.2) is 29.3 Å². The van der Waals surface area contributed by atoms with Crippen LogP contribution >= 0.6 is 11.6 Å². The normalized spacial score (nSPS) is 16.6. The molecule has 1 aliphatic rings. The number of aliphatic hydroxyl groups excluding tert-OH is 1. The number of carbonyl (C=O) groups is 3. The highest BCUT2D eigenvalue weighted by Crippen LogP contribution is 2.43. The quantitative estimate of drug-likeness (QED) is 0.231. The Balaban J connectivity index is 1.89. The summed E-state index contributed by atoms with van der Waals surface area (Å²) in [7, 11) is 0. The van der Waals surface area contributed by atoms with Crippen molar-refractivity contribution in [3.63, 3.8) is 0 Å². The van der Waals surface area contributed by atoms with Gasteiger partial charge >= 0.3 is 0 Å². The number of amides is 2. The standard InChI is InChI=1S/C29H27ClN2O5/c1-4-18-6-8-19(9-7-18)26-25(27(34)23-16-22(37-5-2)14-15-24(23)30)28(35)29(36)32(26)21-12-10-20(11-13-21)31-17(3)33/h6-16,26,34H,4-5H2,1-3H3,(H,31,33)/b27-25+. The fourth-order valence-corrected chi connectivity index (χ4v) is 4.55. The van der Waals surface area contributed by atoms with E-state index in [0.29, 0.717) is 29.3 Å². The van der Waals surface area contributed by atoms with Crippen LogP contribution in [0.3, 0.4) is 0 Å². The fraction of sp³-hybridized carbons (Fsp3) is 0.207. The van der Waals surface area contributed by atoms with E-state index in [0.717, 1.165) is 12.0 Å². The lowest BCUT2D eigenvalue weighted by Gasteiger charge is -2.26. The summed E-state index contributed by atoms with van der Waals surface area (Å²) in [5.74, 6) is -1.75. The summed E-state index contributed by atoms with van der Waals surface area (Å²) in [5, 5.41) is 14.3. The first-order valence-electron chi connectivity index (χ1n) is 11.9. The molecule has 1 fully saturated rings. The number of aliphatic hydroxyl groups is 1. The molecule has 0 bridgehead atoms. The molecule has 0 radical (unpaired) electrons. The minimum Gasteiger partial charge on any atom is -0.507 e. The van der Waals surface area contributed by atoms with E-state index >= 15 is 0 Å². The lowest BCUT2D eigenvalue weighted by Crippen LogP contribution is -2.29. The Morgan fingerprint density at radius 3 is 2.30 bits per heavy atom. The summed E-state index contributed by atoms with van der Waals surface area (Å²) in [6.45, 7) is 5.67. The first kappa shape index (κ1) is 26.0. The van der Waals surface area contributed by atoms with Gasteiger partial charge in [-0.3, -0.25) is 19.3 Å². The summed E-state index contributed by atoms with van der Waals surface area (Å²) in [5.41, 5.74) is 2.86. The largest absolute Gasteiger partial charge is 0.507 e. The van der Waals surface area contributed by atoms with Crippen LogP contribution in [-0.2, 0) is 20.8 Å². The van der Waals surface area contributed by atoms with Gasteiger partial charge in [-0.25, -0.2) is 0 Å². The molecule has 3 aromatic carbocycles. The zero-order valence-corrected chi connectivity index (χ0v) is 21.5. The first-order chi connectivity index (χ1) is 17.7. The van der Waals surface area contributed by atoms with Crippen molar-refractivity contribution in [3.8, 4) is 5.75 Å². The van der Waals surface area contributed by atoms with Crippen molar-refractivity contribution in [2.24, 2.45) is 0 Å². The van der Waals surface area contributed by atoms with Crippen LogP contribution in [0.15, 0.2) is 72.3 Å². The summed E-state index contributed by atoms with van der Waals surface area (Å²) < 4.78 is 5.54. The number of benzene rings is 3. The second-order valence-corrected chi connectivity index (χ2v) is 8.97. The topological polar surface area (TPSA) is 95.9 Å². The van der Waals surface area contributed by atoms with Crippen molar-refractivity contribution < 1.29 is 24.2 Å². The van der Waals surface area contributed by atoms with Crippen molar-refractivity contribution in [2.75, 3.05) is 16.8 Å². The molecule has 2 N–H and O–H groups in total. The molecule has 1 unspecified atom stereocenters. The van der Waals surface area contributed by atoms with E-state index in [2.05, 4.69) is 5.32 Å². The Morgan fingerprint density at radius 1 is 1.03 bits per heavy atom. The number of nitrogens with zero attached hydrogens (tertiary/aromatic N) is 1. The first-order valence-corrected chi connectivity index (χ1v) is 12.3. The highest BCUT2D eigenvalue weighted by atomic mass is 35.5. The number of nitrogens with one attached hydrogen (secondary N) is 1. The third-order valence-electron chi connectivity index (χ3n) is 6.12. The maximum absolute atomic E-state index is 13.4. The molecule has 0 spiro atoms. The summed E-state index contributed by atoms with van der Waals surface area (Å²) in [6.07, 6.45) is 0.824. The summed E-state index contributed by atoms with van der Waals surface area (Å²) >= 11 is 6.41. The molecule has 4 rings (SSSR count). The smallest absolute Gasteiger partial charge is 0.300 e. The highest BCUT2D eigenvalue weighted by Gasteiger charge is 2.47. The molecule has 1 aliphatic heterocycles. The Bertz CT molecular complexity index is 1380. The van der Waals surface area contributed by atoms with Gasteiger partial charge in [0.1, 0.15) is 11.5 Å². The van der Waals surface area contributed by atoms with Gasteiger partial charge in [-0.15, -0.1) is 0 Å². The number of hydrogen-bond acceptors (Lipinski definition) is 5. The third kappa shape index (κ3) is 5.22. The number of ketones is 1. The molecule has 0 aromatic heterocycles. The molecular formula is C29H27ClN2O5.